The van der Waals surface area contributed by atoms with E-state index in [-0.39, 0.29) is 12.5 Å². The summed E-state index contributed by atoms with van der Waals surface area (Å²) in [4.78, 5) is 12.6. The Labute approximate surface area is 159 Å². The van der Waals surface area contributed by atoms with Crippen molar-refractivity contribution in [2.45, 2.75) is 19.3 Å². The third kappa shape index (κ3) is 5.31. The van der Waals surface area contributed by atoms with Gasteiger partial charge in [-0.05, 0) is 24.6 Å². The predicted octanol–water partition coefficient (Wildman–Crippen LogP) is 2.44. The van der Waals surface area contributed by atoms with Gasteiger partial charge in [0.25, 0.3) is 0 Å². The van der Waals surface area contributed by atoms with Crippen molar-refractivity contribution in [2.75, 3.05) is 26.2 Å². The van der Waals surface area contributed by atoms with E-state index in [0.717, 1.165) is 47.9 Å². The second-order valence-corrected chi connectivity index (χ2v) is 6.39. The van der Waals surface area contributed by atoms with Crippen LogP contribution in [0.5, 0.6) is 0 Å². The first kappa shape index (κ1) is 18.9. The van der Waals surface area contributed by atoms with E-state index in [2.05, 4.69) is 25.6 Å². The van der Waals surface area contributed by atoms with Crippen LogP contribution in [-0.4, -0.2) is 47.3 Å². The highest BCUT2D eigenvalue weighted by molar-refractivity contribution is 5.79. The number of para-hydroxylation sites is 2. The van der Waals surface area contributed by atoms with Crippen LogP contribution in [0, 0.1) is 0 Å². The van der Waals surface area contributed by atoms with Crippen LogP contribution in [-0.2, 0) is 6.42 Å². The van der Waals surface area contributed by atoms with Gasteiger partial charge in [-0.2, -0.15) is 0 Å². The van der Waals surface area contributed by atoms with E-state index in [4.69, 9.17) is 0 Å². The van der Waals surface area contributed by atoms with Crippen LogP contribution in [0.3, 0.4) is 0 Å². The molecule has 0 saturated carbocycles. The maximum absolute atomic E-state index is 9.69. The van der Waals surface area contributed by atoms with Gasteiger partial charge in [0, 0.05) is 25.4 Å². The molecule has 1 atom stereocenters. The summed E-state index contributed by atoms with van der Waals surface area (Å²) in [5.41, 5.74) is 3.14. The molecule has 0 aliphatic heterocycles. The molecule has 0 saturated heterocycles. The van der Waals surface area contributed by atoms with Gasteiger partial charge in [-0.1, -0.05) is 42.5 Å². The van der Waals surface area contributed by atoms with Crippen LogP contribution in [0.25, 0.3) is 11.0 Å². The molecule has 1 aromatic heterocycles. The smallest absolute Gasteiger partial charge is 0.191 e. The van der Waals surface area contributed by atoms with E-state index in [1.807, 2.05) is 61.5 Å². The lowest BCUT2D eigenvalue weighted by atomic mass is 10.0. The number of aliphatic hydroxyl groups is 1. The molecular formula is C21H27N5O. The minimum Gasteiger partial charge on any atom is -0.396 e. The second-order valence-electron chi connectivity index (χ2n) is 6.39. The number of fused-ring (bicyclic) bond motifs is 1. The first-order valence-corrected chi connectivity index (χ1v) is 9.41. The molecule has 1 heterocycles. The van der Waals surface area contributed by atoms with Gasteiger partial charge in [0.2, 0.25) is 0 Å². The Morgan fingerprint density at radius 1 is 1.11 bits per heavy atom. The number of guanidine groups is 1. The van der Waals surface area contributed by atoms with Gasteiger partial charge >= 0.3 is 0 Å². The van der Waals surface area contributed by atoms with Crippen LogP contribution >= 0.6 is 0 Å². The SMILES string of the molecule is CCNC(=NCC(CO)c1ccccc1)NCCc1nc2ccccc2[nH]1. The van der Waals surface area contributed by atoms with Gasteiger partial charge in [0.15, 0.2) is 5.96 Å². The van der Waals surface area contributed by atoms with Crippen LogP contribution in [0.4, 0.5) is 0 Å². The average molecular weight is 365 g/mol. The first-order valence-electron chi connectivity index (χ1n) is 9.41. The summed E-state index contributed by atoms with van der Waals surface area (Å²) < 4.78 is 0. The van der Waals surface area contributed by atoms with Crippen molar-refractivity contribution < 1.29 is 5.11 Å². The van der Waals surface area contributed by atoms with Crippen molar-refractivity contribution in [3.05, 3.63) is 66.0 Å². The van der Waals surface area contributed by atoms with Gasteiger partial charge in [-0.25, -0.2) is 4.98 Å². The zero-order chi connectivity index (χ0) is 18.9. The fourth-order valence-corrected chi connectivity index (χ4v) is 2.96. The van der Waals surface area contributed by atoms with Crippen molar-refractivity contribution in [3.63, 3.8) is 0 Å². The number of imidazole rings is 1. The van der Waals surface area contributed by atoms with E-state index in [1.165, 1.54) is 0 Å². The topological polar surface area (TPSA) is 85.3 Å². The maximum Gasteiger partial charge on any atom is 0.191 e. The number of H-pyrrole nitrogens is 1. The second kappa shape index (κ2) is 9.73. The number of hydrogen-bond acceptors (Lipinski definition) is 3. The van der Waals surface area contributed by atoms with Gasteiger partial charge in [-0.15, -0.1) is 0 Å². The molecule has 0 bridgehead atoms. The van der Waals surface area contributed by atoms with E-state index in [9.17, 15) is 5.11 Å². The number of aromatic nitrogens is 2. The van der Waals surface area contributed by atoms with Gasteiger partial charge < -0.3 is 20.7 Å². The van der Waals surface area contributed by atoms with Gasteiger partial charge in [-0.3, -0.25) is 4.99 Å². The zero-order valence-corrected chi connectivity index (χ0v) is 15.7. The van der Waals surface area contributed by atoms with Crippen LogP contribution in [0.2, 0.25) is 0 Å². The molecule has 0 radical (unpaired) electrons. The molecule has 4 N–H and O–H groups in total. The van der Waals surface area contributed by atoms with Crippen LogP contribution < -0.4 is 10.6 Å². The fraction of sp³-hybridized carbons (Fsp3) is 0.333. The Balaban J connectivity index is 1.56. The quantitative estimate of drug-likeness (QED) is 0.365. The molecule has 1 unspecified atom stereocenters. The number of nitrogens with one attached hydrogen (secondary N) is 3. The lowest BCUT2D eigenvalue weighted by Gasteiger charge is -2.15. The maximum atomic E-state index is 9.69. The third-order valence-electron chi connectivity index (χ3n) is 4.40. The summed E-state index contributed by atoms with van der Waals surface area (Å²) in [5.74, 6) is 1.71. The standard InChI is InChI=1S/C21H27N5O/c1-2-22-21(24-14-17(15-27)16-8-4-3-5-9-16)23-13-12-20-25-18-10-6-7-11-19(18)26-20/h3-11,17,27H,2,12-15H2,1H3,(H,25,26)(H2,22,23,24). The van der Waals surface area contributed by atoms with E-state index in [1.54, 1.807) is 0 Å². The van der Waals surface area contributed by atoms with Gasteiger partial charge in [0.1, 0.15) is 5.82 Å². The Hall–Kier alpha value is -2.86. The zero-order valence-electron chi connectivity index (χ0n) is 15.7. The lowest BCUT2D eigenvalue weighted by Crippen LogP contribution is -2.38. The Kier molecular flexibility index (Phi) is 6.82. The third-order valence-corrected chi connectivity index (χ3v) is 4.40. The van der Waals surface area contributed by atoms with E-state index < -0.39 is 0 Å². The number of aliphatic hydroxyl groups excluding tert-OH is 1. The first-order chi connectivity index (χ1) is 13.3. The molecule has 0 fully saturated rings. The highest BCUT2D eigenvalue weighted by atomic mass is 16.3. The van der Waals surface area contributed by atoms with Gasteiger partial charge in [0.05, 0.1) is 24.2 Å². The number of nitrogens with zero attached hydrogens (tertiary/aromatic N) is 2. The lowest BCUT2D eigenvalue weighted by molar-refractivity contribution is 0.268. The van der Waals surface area contributed by atoms with E-state index in [0.29, 0.717) is 6.54 Å². The van der Waals surface area contributed by atoms with Crippen molar-refractivity contribution in [3.8, 4) is 0 Å². The Morgan fingerprint density at radius 2 is 1.89 bits per heavy atom. The molecular weight excluding hydrogens is 338 g/mol. The largest absolute Gasteiger partial charge is 0.396 e. The molecule has 0 aliphatic carbocycles. The number of aromatic amines is 1. The van der Waals surface area contributed by atoms with Crippen molar-refractivity contribution in [2.24, 2.45) is 4.99 Å². The summed E-state index contributed by atoms with van der Waals surface area (Å²) in [7, 11) is 0. The summed E-state index contributed by atoms with van der Waals surface area (Å²) in [6.45, 7) is 4.15. The molecule has 3 rings (SSSR count). The normalized spacial score (nSPS) is 12.9. The van der Waals surface area contributed by atoms with Crippen molar-refractivity contribution in [1.29, 1.82) is 0 Å². The van der Waals surface area contributed by atoms with E-state index >= 15 is 0 Å². The highest BCUT2D eigenvalue weighted by Crippen LogP contribution is 2.15. The Morgan fingerprint density at radius 3 is 2.63 bits per heavy atom. The molecule has 3 aromatic rings. The molecule has 2 aromatic carbocycles. The minimum atomic E-state index is -0.00275. The number of benzene rings is 2. The molecule has 0 spiro atoms. The summed E-state index contributed by atoms with van der Waals surface area (Å²) in [6, 6.07) is 18.0. The van der Waals surface area contributed by atoms with Crippen LogP contribution in [0.1, 0.15) is 24.2 Å². The highest BCUT2D eigenvalue weighted by Gasteiger charge is 2.10. The number of rotatable bonds is 8. The molecule has 142 valence electrons. The number of hydrogen-bond donors (Lipinski definition) is 4. The monoisotopic (exact) mass is 365 g/mol. The van der Waals surface area contributed by atoms with Crippen molar-refractivity contribution in [1.82, 2.24) is 20.6 Å². The minimum absolute atomic E-state index is 0.00275. The number of aliphatic imine (C=N–C) groups is 1. The molecule has 0 aliphatic rings. The van der Waals surface area contributed by atoms with Crippen LogP contribution in [0.15, 0.2) is 59.6 Å². The Bertz CT molecular complexity index is 826. The molecule has 6 heteroatoms. The summed E-state index contributed by atoms with van der Waals surface area (Å²) >= 11 is 0. The predicted molar refractivity (Wildman–Crippen MR) is 110 cm³/mol. The fourth-order valence-electron chi connectivity index (χ4n) is 2.96. The summed E-state index contributed by atoms with van der Waals surface area (Å²) in [5, 5.41) is 16.3. The van der Waals surface area contributed by atoms with Crippen molar-refractivity contribution >= 4 is 17.0 Å². The molecule has 0 amide bonds. The average Bonchev–Trinajstić information content (AvgIpc) is 3.12. The molecule has 6 nitrogen and oxygen atoms in total. The molecule has 27 heavy (non-hydrogen) atoms. The summed E-state index contributed by atoms with van der Waals surface area (Å²) in [6.07, 6.45) is 0.779.